The summed E-state index contributed by atoms with van der Waals surface area (Å²) in [5.74, 6) is 0.169. The minimum atomic E-state index is 0.169. The van der Waals surface area contributed by atoms with E-state index in [0.29, 0.717) is 18.4 Å². The number of carbonyl (C=O) groups is 1. The number of rotatable bonds is 3. The molecule has 54 valence electrons. The third-order valence-corrected chi connectivity index (χ3v) is 1.12. The van der Waals surface area contributed by atoms with Gasteiger partial charge in [0.1, 0.15) is 5.78 Å². The monoisotopic (exact) mass is 137 g/mol. The Labute approximate surface area is 61.2 Å². The maximum atomic E-state index is 10.4. The topological polar surface area (TPSA) is 40.9 Å². The first-order valence-corrected chi connectivity index (χ1v) is 3.23. The molecule has 0 saturated heterocycles. The summed E-state index contributed by atoms with van der Waals surface area (Å²) in [5, 5.41) is 8.30. The van der Waals surface area contributed by atoms with E-state index in [1.54, 1.807) is 19.9 Å². The van der Waals surface area contributed by atoms with Gasteiger partial charge in [-0.25, -0.2) is 0 Å². The molecular weight excluding hydrogens is 126 g/mol. The highest BCUT2D eigenvalue weighted by atomic mass is 16.1. The van der Waals surface area contributed by atoms with Crippen molar-refractivity contribution >= 4 is 5.78 Å². The second-order valence-corrected chi connectivity index (χ2v) is 2.24. The molecule has 0 amide bonds. The van der Waals surface area contributed by atoms with Crippen molar-refractivity contribution in [3.05, 3.63) is 11.6 Å². The molecule has 0 spiro atoms. The summed E-state index contributed by atoms with van der Waals surface area (Å²) in [6, 6.07) is 1.99. The van der Waals surface area contributed by atoms with E-state index >= 15 is 0 Å². The van der Waals surface area contributed by atoms with E-state index in [1.807, 2.05) is 6.07 Å². The van der Waals surface area contributed by atoms with Crippen LogP contribution >= 0.6 is 0 Å². The van der Waals surface area contributed by atoms with Crippen molar-refractivity contribution in [3.63, 3.8) is 0 Å². The van der Waals surface area contributed by atoms with Gasteiger partial charge >= 0.3 is 0 Å². The summed E-state index contributed by atoms with van der Waals surface area (Å²) in [7, 11) is 0. The predicted molar refractivity (Wildman–Crippen MR) is 39.3 cm³/mol. The van der Waals surface area contributed by atoms with Gasteiger partial charge in [0.2, 0.25) is 0 Å². The van der Waals surface area contributed by atoms with Gasteiger partial charge in [0.05, 0.1) is 6.07 Å². The maximum Gasteiger partial charge on any atom is 0.130 e. The van der Waals surface area contributed by atoms with Crippen LogP contribution in [0, 0.1) is 11.3 Å². The average molecular weight is 137 g/mol. The molecule has 0 heterocycles. The van der Waals surface area contributed by atoms with Crippen LogP contribution in [0.1, 0.15) is 26.7 Å². The molecule has 0 rings (SSSR count). The summed E-state index contributed by atoms with van der Waals surface area (Å²) in [4.78, 5) is 10.4. The van der Waals surface area contributed by atoms with Gasteiger partial charge in [-0.2, -0.15) is 5.26 Å². The molecule has 0 saturated carbocycles. The fourth-order valence-electron chi connectivity index (χ4n) is 0.538. The van der Waals surface area contributed by atoms with Crippen molar-refractivity contribution < 1.29 is 4.79 Å². The van der Waals surface area contributed by atoms with Gasteiger partial charge in [-0.15, -0.1) is 0 Å². The number of nitrogens with zero attached hydrogens (tertiary/aromatic N) is 1. The van der Waals surface area contributed by atoms with E-state index in [0.717, 1.165) is 0 Å². The summed E-state index contributed by atoms with van der Waals surface area (Å²) < 4.78 is 0. The molecule has 0 radical (unpaired) electrons. The highest BCUT2D eigenvalue weighted by molar-refractivity contribution is 5.75. The Morgan fingerprint density at radius 1 is 1.60 bits per heavy atom. The van der Waals surface area contributed by atoms with Crippen LogP contribution in [0.15, 0.2) is 11.6 Å². The minimum absolute atomic E-state index is 0.169. The number of Topliss-reactive ketones (excluding diaryl/α,β-unsaturated/α-hetero) is 1. The third kappa shape index (κ3) is 5.04. The highest BCUT2D eigenvalue weighted by Gasteiger charge is 1.89. The Bertz CT molecular complexity index is 186. The number of allylic oxidation sites excluding steroid dienone is 2. The van der Waals surface area contributed by atoms with Crippen molar-refractivity contribution in [2.45, 2.75) is 26.7 Å². The Balaban J connectivity index is 3.56. The molecule has 10 heavy (non-hydrogen) atoms. The summed E-state index contributed by atoms with van der Waals surface area (Å²) in [6.45, 7) is 3.29. The number of hydrogen-bond donors (Lipinski definition) is 0. The van der Waals surface area contributed by atoms with E-state index in [4.69, 9.17) is 5.26 Å². The zero-order chi connectivity index (χ0) is 7.98. The summed E-state index contributed by atoms with van der Waals surface area (Å²) >= 11 is 0. The SMILES string of the molecule is CC(=O)CCC=C(C)C#N. The van der Waals surface area contributed by atoms with E-state index in [-0.39, 0.29) is 5.78 Å². The largest absolute Gasteiger partial charge is 0.300 e. The lowest BCUT2D eigenvalue weighted by molar-refractivity contribution is -0.116. The lowest BCUT2D eigenvalue weighted by atomic mass is 10.2. The molecule has 0 unspecified atom stereocenters. The van der Waals surface area contributed by atoms with E-state index in [2.05, 4.69) is 0 Å². The second kappa shape index (κ2) is 4.75. The van der Waals surface area contributed by atoms with Gasteiger partial charge < -0.3 is 4.79 Å². The second-order valence-electron chi connectivity index (χ2n) is 2.24. The molecule has 0 fully saturated rings. The molecule has 0 aliphatic heterocycles. The highest BCUT2D eigenvalue weighted by Crippen LogP contribution is 1.96. The maximum absolute atomic E-state index is 10.4. The van der Waals surface area contributed by atoms with Gasteiger partial charge in [0.25, 0.3) is 0 Å². The van der Waals surface area contributed by atoms with Gasteiger partial charge in [0, 0.05) is 12.0 Å². The number of carbonyl (C=O) groups excluding carboxylic acids is 1. The molecule has 0 aromatic rings. The Hall–Kier alpha value is -1.10. The average Bonchev–Trinajstić information content (AvgIpc) is 1.87. The van der Waals surface area contributed by atoms with Gasteiger partial charge in [-0.1, -0.05) is 6.08 Å². The Morgan fingerprint density at radius 2 is 2.20 bits per heavy atom. The smallest absolute Gasteiger partial charge is 0.130 e. The molecule has 0 N–H and O–H groups in total. The molecule has 0 aromatic heterocycles. The van der Waals surface area contributed by atoms with Gasteiger partial charge in [-0.05, 0) is 20.3 Å². The normalized spacial score (nSPS) is 10.7. The van der Waals surface area contributed by atoms with Crippen molar-refractivity contribution in [3.8, 4) is 6.07 Å². The van der Waals surface area contributed by atoms with Crippen LogP contribution in [0.2, 0.25) is 0 Å². The van der Waals surface area contributed by atoms with Crippen LogP contribution < -0.4 is 0 Å². The van der Waals surface area contributed by atoms with E-state index < -0.39 is 0 Å². The van der Waals surface area contributed by atoms with Crippen LogP contribution in [-0.2, 0) is 4.79 Å². The van der Waals surface area contributed by atoms with Crippen LogP contribution in [0.25, 0.3) is 0 Å². The Kier molecular flexibility index (Phi) is 4.23. The van der Waals surface area contributed by atoms with Gasteiger partial charge in [-0.3, -0.25) is 0 Å². The van der Waals surface area contributed by atoms with E-state index in [1.165, 1.54) is 0 Å². The molecule has 0 bridgehead atoms. The first-order valence-electron chi connectivity index (χ1n) is 3.23. The lowest BCUT2D eigenvalue weighted by Gasteiger charge is -1.87. The van der Waals surface area contributed by atoms with Crippen molar-refractivity contribution in [1.29, 1.82) is 5.26 Å². The fraction of sp³-hybridized carbons (Fsp3) is 0.500. The van der Waals surface area contributed by atoms with Crippen LogP contribution in [0.3, 0.4) is 0 Å². The molecule has 2 heteroatoms. The molecule has 0 aromatic carbocycles. The summed E-state index contributed by atoms with van der Waals surface area (Å²) in [5.41, 5.74) is 0.682. The quantitative estimate of drug-likeness (QED) is 0.557. The van der Waals surface area contributed by atoms with E-state index in [9.17, 15) is 4.79 Å². The molecule has 0 aliphatic rings. The van der Waals surface area contributed by atoms with Crippen molar-refractivity contribution in [1.82, 2.24) is 0 Å². The minimum Gasteiger partial charge on any atom is -0.300 e. The predicted octanol–water partition coefficient (Wildman–Crippen LogP) is 1.83. The first kappa shape index (κ1) is 8.90. The standard InChI is InChI=1S/C8H11NO/c1-7(6-9)4-3-5-8(2)10/h4H,3,5H2,1-2H3. The van der Waals surface area contributed by atoms with Crippen LogP contribution in [0.5, 0.6) is 0 Å². The lowest BCUT2D eigenvalue weighted by Crippen LogP contribution is -1.86. The molecule has 0 aliphatic carbocycles. The Morgan fingerprint density at radius 3 is 2.60 bits per heavy atom. The first-order chi connectivity index (χ1) is 4.66. The number of nitriles is 1. The van der Waals surface area contributed by atoms with Crippen LogP contribution in [0.4, 0.5) is 0 Å². The molecule has 2 nitrogen and oxygen atoms in total. The zero-order valence-corrected chi connectivity index (χ0v) is 6.35. The molecular formula is C8H11NO. The third-order valence-electron chi connectivity index (χ3n) is 1.12. The fourth-order valence-corrected chi connectivity index (χ4v) is 0.538. The van der Waals surface area contributed by atoms with Crippen molar-refractivity contribution in [2.24, 2.45) is 0 Å². The number of ketones is 1. The summed E-state index contributed by atoms with van der Waals surface area (Å²) in [6.07, 6.45) is 3.01. The van der Waals surface area contributed by atoms with Crippen molar-refractivity contribution in [2.75, 3.05) is 0 Å². The number of hydrogen-bond acceptors (Lipinski definition) is 2. The molecule has 0 atom stereocenters. The van der Waals surface area contributed by atoms with Gasteiger partial charge in [0.15, 0.2) is 0 Å². The van der Waals surface area contributed by atoms with Crippen LogP contribution in [-0.4, -0.2) is 5.78 Å². The zero-order valence-electron chi connectivity index (χ0n) is 6.35.